The minimum Gasteiger partial charge on any atom is -0.497 e. The van der Waals surface area contributed by atoms with Crippen molar-refractivity contribution < 1.29 is 17.9 Å². The van der Waals surface area contributed by atoms with Gasteiger partial charge in [-0.15, -0.1) is 0 Å². The molecular weight excluding hydrogens is 404 g/mol. The first-order valence-corrected chi connectivity index (χ1v) is 11.1. The summed E-state index contributed by atoms with van der Waals surface area (Å²) < 4.78 is 32.7. The lowest BCUT2D eigenvalue weighted by molar-refractivity contribution is -0.119. The number of hydrazone groups is 1. The number of carbonyl (C=O) groups is 1. The summed E-state index contributed by atoms with van der Waals surface area (Å²) in [6, 6.07) is 14.5. The predicted octanol–water partition coefficient (Wildman–Crippen LogP) is 2.09. The first-order chi connectivity index (χ1) is 14.4. The molecule has 8 nitrogen and oxygen atoms in total. The van der Waals surface area contributed by atoms with E-state index in [0.29, 0.717) is 11.4 Å². The van der Waals surface area contributed by atoms with Crippen LogP contribution in [0, 0.1) is 0 Å². The van der Waals surface area contributed by atoms with Crippen molar-refractivity contribution >= 4 is 27.3 Å². The summed E-state index contributed by atoms with van der Waals surface area (Å²) in [5, 5.41) is 4.20. The van der Waals surface area contributed by atoms with Crippen molar-refractivity contribution in [3.8, 4) is 5.75 Å². The van der Waals surface area contributed by atoms with Gasteiger partial charge in [-0.05, 0) is 43.4 Å². The van der Waals surface area contributed by atoms with Crippen LogP contribution in [0.4, 0.5) is 5.69 Å². The Morgan fingerprint density at radius 3 is 2.33 bits per heavy atom. The Kier molecular flexibility index (Phi) is 7.07. The van der Waals surface area contributed by atoms with Crippen LogP contribution in [-0.2, 0) is 14.8 Å². The molecule has 9 heteroatoms. The maximum Gasteiger partial charge on any atom is 0.264 e. The second kappa shape index (κ2) is 9.73. The van der Waals surface area contributed by atoms with Crippen LogP contribution in [0.15, 0.2) is 64.6 Å². The highest BCUT2D eigenvalue weighted by molar-refractivity contribution is 7.92. The van der Waals surface area contributed by atoms with Crippen molar-refractivity contribution in [2.75, 3.05) is 38.1 Å². The van der Waals surface area contributed by atoms with Gasteiger partial charge in [0.05, 0.1) is 17.7 Å². The molecular formula is C21H26N4O4S. The molecule has 30 heavy (non-hydrogen) atoms. The molecule has 0 unspecified atom stereocenters. The highest BCUT2D eigenvalue weighted by Gasteiger charge is 2.27. The third kappa shape index (κ3) is 5.37. The summed E-state index contributed by atoms with van der Waals surface area (Å²) in [6.45, 7) is 1.38. The van der Waals surface area contributed by atoms with E-state index in [-0.39, 0.29) is 11.4 Å². The summed E-state index contributed by atoms with van der Waals surface area (Å²) in [4.78, 5) is 14.9. The molecule has 160 valence electrons. The van der Waals surface area contributed by atoms with E-state index in [1.54, 1.807) is 42.5 Å². The van der Waals surface area contributed by atoms with Crippen LogP contribution in [0.1, 0.15) is 12.8 Å². The van der Waals surface area contributed by atoms with E-state index >= 15 is 0 Å². The first-order valence-electron chi connectivity index (χ1n) is 9.65. The quantitative estimate of drug-likeness (QED) is 0.679. The number of carbonyl (C=O) groups excluding carboxylic acids is 1. The molecule has 1 saturated heterocycles. The Morgan fingerprint density at radius 1 is 1.10 bits per heavy atom. The summed E-state index contributed by atoms with van der Waals surface area (Å²) in [5.74, 6) is 0.0886. The summed E-state index contributed by atoms with van der Waals surface area (Å²) >= 11 is 0. The van der Waals surface area contributed by atoms with E-state index in [0.717, 1.165) is 35.9 Å². The number of ether oxygens (including phenoxy) is 1. The lowest BCUT2D eigenvalue weighted by atomic mass is 10.1. The normalized spacial score (nSPS) is 14.8. The standard InChI is InChI=1S/C21H26N4O4S/c1-24-14-12-17(13-15-24)22-23-21(26)16-25(18-8-10-19(29-2)11-9-18)30(27,28)20-6-4-3-5-7-20/h3-11H,12-16H2,1-2H3,(H,23,26). The van der Waals surface area contributed by atoms with Gasteiger partial charge in [0.15, 0.2) is 0 Å². The van der Waals surface area contributed by atoms with E-state index in [4.69, 9.17) is 4.74 Å². The Labute approximate surface area is 177 Å². The van der Waals surface area contributed by atoms with Crippen molar-refractivity contribution in [3.05, 3.63) is 54.6 Å². The third-order valence-corrected chi connectivity index (χ3v) is 6.67. The average molecular weight is 431 g/mol. The number of sulfonamides is 1. The first kappa shape index (κ1) is 21.8. The van der Waals surface area contributed by atoms with Crippen LogP contribution in [0.5, 0.6) is 5.75 Å². The fourth-order valence-electron chi connectivity index (χ4n) is 3.08. The zero-order chi connectivity index (χ0) is 21.6. The van der Waals surface area contributed by atoms with Gasteiger partial charge in [-0.2, -0.15) is 5.10 Å². The molecule has 0 bridgehead atoms. The predicted molar refractivity (Wildman–Crippen MR) is 116 cm³/mol. The molecule has 1 N–H and O–H groups in total. The Hall–Kier alpha value is -2.91. The number of methoxy groups -OCH3 is 1. The van der Waals surface area contributed by atoms with Crippen molar-refractivity contribution in [1.29, 1.82) is 0 Å². The average Bonchev–Trinajstić information content (AvgIpc) is 2.77. The molecule has 1 aliphatic heterocycles. The topological polar surface area (TPSA) is 91.3 Å². The van der Waals surface area contributed by atoms with Gasteiger partial charge in [0.2, 0.25) is 0 Å². The number of benzene rings is 2. The fourth-order valence-corrected chi connectivity index (χ4v) is 4.52. The van der Waals surface area contributed by atoms with Crippen molar-refractivity contribution in [3.63, 3.8) is 0 Å². The number of nitrogens with zero attached hydrogens (tertiary/aromatic N) is 3. The van der Waals surface area contributed by atoms with Crippen molar-refractivity contribution in [1.82, 2.24) is 10.3 Å². The number of rotatable bonds is 7. The molecule has 0 aliphatic carbocycles. The molecule has 2 aromatic carbocycles. The number of hydrogen-bond acceptors (Lipinski definition) is 6. The zero-order valence-corrected chi connectivity index (χ0v) is 17.9. The number of amides is 1. The van der Waals surface area contributed by atoms with Gasteiger partial charge in [0.1, 0.15) is 12.3 Å². The molecule has 3 rings (SSSR count). The summed E-state index contributed by atoms with van der Waals surface area (Å²) in [7, 11) is -0.374. The second-order valence-corrected chi connectivity index (χ2v) is 8.90. The van der Waals surface area contributed by atoms with Crippen LogP contribution in [0.25, 0.3) is 0 Å². The maximum absolute atomic E-state index is 13.2. The lowest BCUT2D eigenvalue weighted by Gasteiger charge is -2.24. The van der Waals surface area contributed by atoms with Crippen LogP contribution in [-0.4, -0.2) is 58.7 Å². The molecule has 0 aromatic heterocycles. The van der Waals surface area contributed by atoms with E-state index in [2.05, 4.69) is 15.4 Å². The Morgan fingerprint density at radius 2 is 1.73 bits per heavy atom. The van der Waals surface area contributed by atoms with E-state index in [1.165, 1.54) is 19.2 Å². The SMILES string of the molecule is COc1ccc(N(CC(=O)NN=C2CCN(C)CC2)S(=O)(=O)c2ccccc2)cc1. The second-order valence-electron chi connectivity index (χ2n) is 7.04. The van der Waals surface area contributed by atoms with Gasteiger partial charge in [-0.25, -0.2) is 13.8 Å². The molecule has 0 saturated carbocycles. The largest absolute Gasteiger partial charge is 0.497 e. The molecule has 2 aromatic rings. The number of hydrogen-bond donors (Lipinski definition) is 1. The minimum absolute atomic E-state index is 0.107. The van der Waals surface area contributed by atoms with Gasteiger partial charge in [-0.1, -0.05) is 18.2 Å². The molecule has 0 radical (unpaired) electrons. The van der Waals surface area contributed by atoms with Crippen LogP contribution < -0.4 is 14.5 Å². The smallest absolute Gasteiger partial charge is 0.264 e. The van der Waals surface area contributed by atoms with E-state index < -0.39 is 15.9 Å². The minimum atomic E-state index is -3.94. The number of anilines is 1. The number of likely N-dealkylation sites (tertiary alicyclic amines) is 1. The molecule has 0 atom stereocenters. The summed E-state index contributed by atoms with van der Waals surface area (Å²) in [5.41, 5.74) is 3.78. The molecule has 1 fully saturated rings. The Bertz CT molecular complexity index is 981. The van der Waals surface area contributed by atoms with E-state index in [1.807, 2.05) is 7.05 Å². The molecule has 1 amide bonds. The lowest BCUT2D eigenvalue weighted by Crippen LogP contribution is -2.40. The third-order valence-electron chi connectivity index (χ3n) is 4.88. The van der Waals surface area contributed by atoms with E-state index in [9.17, 15) is 13.2 Å². The summed E-state index contributed by atoms with van der Waals surface area (Å²) in [6.07, 6.45) is 1.56. The molecule has 1 aliphatic rings. The Balaban J connectivity index is 1.82. The highest BCUT2D eigenvalue weighted by Crippen LogP contribution is 2.25. The van der Waals surface area contributed by atoms with Gasteiger partial charge in [-0.3, -0.25) is 9.10 Å². The fraction of sp³-hybridized carbons (Fsp3) is 0.333. The highest BCUT2D eigenvalue weighted by atomic mass is 32.2. The van der Waals surface area contributed by atoms with Gasteiger partial charge in [0.25, 0.3) is 15.9 Å². The number of nitrogens with one attached hydrogen (secondary N) is 1. The molecule has 0 spiro atoms. The van der Waals surface area contributed by atoms with Crippen molar-refractivity contribution in [2.45, 2.75) is 17.7 Å². The maximum atomic E-state index is 13.2. The monoisotopic (exact) mass is 430 g/mol. The van der Waals surface area contributed by atoms with Gasteiger partial charge in [0, 0.05) is 31.6 Å². The van der Waals surface area contributed by atoms with Gasteiger partial charge >= 0.3 is 0 Å². The zero-order valence-electron chi connectivity index (χ0n) is 17.1. The molecule has 1 heterocycles. The van der Waals surface area contributed by atoms with Crippen molar-refractivity contribution in [2.24, 2.45) is 5.10 Å². The van der Waals surface area contributed by atoms with Crippen LogP contribution >= 0.6 is 0 Å². The van der Waals surface area contributed by atoms with Gasteiger partial charge < -0.3 is 9.64 Å². The van der Waals surface area contributed by atoms with Crippen LogP contribution in [0.3, 0.4) is 0 Å². The van der Waals surface area contributed by atoms with Crippen LogP contribution in [0.2, 0.25) is 0 Å². The number of piperidine rings is 1.